The summed E-state index contributed by atoms with van der Waals surface area (Å²) >= 11 is 0. The van der Waals surface area contributed by atoms with Crippen LogP contribution in [0.4, 0.5) is 10.1 Å². The fourth-order valence-corrected chi connectivity index (χ4v) is 8.75. The van der Waals surface area contributed by atoms with Crippen LogP contribution >= 0.6 is 0 Å². The number of aryl methyl sites for hydroxylation is 1. The van der Waals surface area contributed by atoms with Crippen molar-refractivity contribution in [2.75, 3.05) is 64.3 Å². The molecule has 3 aromatic rings. The number of sulfone groups is 1. The summed E-state index contributed by atoms with van der Waals surface area (Å²) in [6, 6.07) is 11.1. The van der Waals surface area contributed by atoms with E-state index in [1.54, 1.807) is 6.07 Å². The van der Waals surface area contributed by atoms with Crippen LogP contribution in [0.1, 0.15) is 51.5 Å². The van der Waals surface area contributed by atoms with Gasteiger partial charge >= 0.3 is 0 Å². The van der Waals surface area contributed by atoms with E-state index in [4.69, 9.17) is 4.74 Å². The standard InChI is InChI=1S/C35H48FN5O3S/c1-5-26(3)44-29-7-9-33(31(36)23-29)45(42,43)34-24-37-32-8-6-25(2)22-30(32)35(34)41-16-12-27(13-17-41)39-14-10-28(11-15-39)40-20-18-38(4)19-21-40/h6-9,22-24,26-28H,5,10-21H2,1-4H3. The number of piperazine rings is 1. The van der Waals surface area contributed by atoms with E-state index in [1.165, 1.54) is 44.3 Å². The highest BCUT2D eigenvalue weighted by atomic mass is 32.2. The van der Waals surface area contributed by atoms with Crippen LogP contribution in [0, 0.1) is 12.7 Å². The van der Waals surface area contributed by atoms with E-state index in [9.17, 15) is 8.42 Å². The molecule has 10 heteroatoms. The lowest BCUT2D eigenvalue weighted by Crippen LogP contribution is -2.54. The van der Waals surface area contributed by atoms with E-state index in [-0.39, 0.29) is 15.9 Å². The number of piperidine rings is 2. The molecule has 0 N–H and O–H groups in total. The minimum Gasteiger partial charge on any atom is -0.491 e. The number of fused-ring (bicyclic) bond motifs is 1. The van der Waals surface area contributed by atoms with E-state index >= 15 is 4.39 Å². The minimum atomic E-state index is -4.21. The normalized spacial score (nSPS) is 21.0. The predicted octanol–water partition coefficient (Wildman–Crippen LogP) is 5.37. The van der Waals surface area contributed by atoms with Crippen LogP contribution in [0.2, 0.25) is 0 Å². The number of aromatic nitrogens is 1. The Labute approximate surface area is 268 Å². The quantitative estimate of drug-likeness (QED) is 0.327. The van der Waals surface area contributed by atoms with Crippen LogP contribution in [-0.4, -0.2) is 106 Å². The highest BCUT2D eigenvalue weighted by Crippen LogP contribution is 2.39. The molecule has 8 nitrogen and oxygen atoms in total. The van der Waals surface area contributed by atoms with Crippen molar-refractivity contribution < 1.29 is 17.5 Å². The summed E-state index contributed by atoms with van der Waals surface area (Å²) in [5.74, 6) is -0.493. The van der Waals surface area contributed by atoms with Gasteiger partial charge in [0.25, 0.3) is 0 Å². The van der Waals surface area contributed by atoms with Crippen molar-refractivity contribution in [1.82, 2.24) is 19.7 Å². The third-order valence-corrected chi connectivity index (χ3v) is 12.0. The fourth-order valence-electron chi connectivity index (χ4n) is 7.26. The van der Waals surface area contributed by atoms with Gasteiger partial charge < -0.3 is 19.4 Å². The molecule has 45 heavy (non-hydrogen) atoms. The average Bonchev–Trinajstić information content (AvgIpc) is 3.04. The van der Waals surface area contributed by atoms with E-state index in [1.807, 2.05) is 39.0 Å². The third kappa shape index (κ3) is 6.84. The monoisotopic (exact) mass is 637 g/mol. The second-order valence-electron chi connectivity index (χ2n) is 13.2. The molecule has 1 aromatic heterocycles. The SMILES string of the molecule is CCC(C)Oc1ccc(S(=O)(=O)c2cnc3ccc(C)cc3c2N2CCC(N3CCC(N4CCN(C)CC4)CC3)CC2)c(F)c1. The molecule has 3 aliphatic rings. The summed E-state index contributed by atoms with van der Waals surface area (Å²) in [4.78, 5) is 14.2. The average molecular weight is 638 g/mol. The zero-order chi connectivity index (χ0) is 31.7. The number of hydrogen-bond donors (Lipinski definition) is 0. The van der Waals surface area contributed by atoms with Crippen LogP contribution in [-0.2, 0) is 9.84 Å². The highest BCUT2D eigenvalue weighted by Gasteiger charge is 2.34. The summed E-state index contributed by atoms with van der Waals surface area (Å²) in [6.07, 6.45) is 6.44. The number of benzene rings is 2. The van der Waals surface area contributed by atoms with Gasteiger partial charge in [0.15, 0.2) is 0 Å². The van der Waals surface area contributed by atoms with Crippen LogP contribution < -0.4 is 9.64 Å². The zero-order valence-electron chi connectivity index (χ0n) is 27.2. The lowest BCUT2D eigenvalue weighted by molar-refractivity contribution is 0.0495. The molecule has 4 heterocycles. The molecule has 244 valence electrons. The molecule has 0 radical (unpaired) electrons. The first kappa shape index (κ1) is 32.2. The van der Waals surface area contributed by atoms with Crippen molar-refractivity contribution in [2.24, 2.45) is 0 Å². The Balaban J connectivity index is 1.22. The summed E-state index contributed by atoms with van der Waals surface area (Å²) in [5.41, 5.74) is 2.40. The third-order valence-electron chi connectivity index (χ3n) is 10.2. The molecule has 0 amide bonds. The topological polar surface area (TPSA) is 69.2 Å². The molecule has 3 aliphatic heterocycles. The number of anilines is 1. The molecular weight excluding hydrogens is 589 g/mol. The van der Waals surface area contributed by atoms with Crippen LogP contribution in [0.5, 0.6) is 5.75 Å². The van der Waals surface area contributed by atoms with E-state index in [0.717, 1.165) is 75.0 Å². The summed E-state index contributed by atoms with van der Waals surface area (Å²) in [5, 5.41) is 0.791. The van der Waals surface area contributed by atoms with Crippen molar-refractivity contribution in [3.05, 3.63) is 54.0 Å². The van der Waals surface area contributed by atoms with E-state index in [2.05, 4.69) is 31.6 Å². The molecule has 3 saturated heterocycles. The second-order valence-corrected chi connectivity index (χ2v) is 15.1. The first-order chi connectivity index (χ1) is 21.6. The van der Waals surface area contributed by atoms with Crippen LogP contribution in [0.3, 0.4) is 0 Å². The van der Waals surface area contributed by atoms with Gasteiger partial charge in [0.2, 0.25) is 9.84 Å². The van der Waals surface area contributed by atoms with Crippen molar-refractivity contribution in [2.45, 2.75) is 80.9 Å². The lowest BCUT2D eigenvalue weighted by Gasteiger charge is -2.46. The summed E-state index contributed by atoms with van der Waals surface area (Å²) < 4.78 is 49.5. The maximum atomic E-state index is 15.5. The Morgan fingerprint density at radius 1 is 0.889 bits per heavy atom. The van der Waals surface area contributed by atoms with E-state index < -0.39 is 15.7 Å². The molecule has 6 rings (SSSR count). The molecule has 2 aromatic carbocycles. The second kappa shape index (κ2) is 13.5. The van der Waals surface area contributed by atoms with Gasteiger partial charge in [0.05, 0.1) is 17.3 Å². The number of rotatable bonds is 8. The zero-order valence-corrected chi connectivity index (χ0v) is 28.0. The van der Waals surface area contributed by atoms with Gasteiger partial charge in [0.1, 0.15) is 21.4 Å². The van der Waals surface area contributed by atoms with Gasteiger partial charge in [-0.15, -0.1) is 0 Å². The van der Waals surface area contributed by atoms with Crippen molar-refractivity contribution in [3.8, 4) is 5.75 Å². The van der Waals surface area contributed by atoms with Crippen LogP contribution in [0.25, 0.3) is 10.9 Å². The van der Waals surface area contributed by atoms with E-state index in [0.29, 0.717) is 23.5 Å². The number of hydrogen-bond acceptors (Lipinski definition) is 8. The van der Waals surface area contributed by atoms with Gasteiger partial charge in [-0.1, -0.05) is 18.6 Å². The lowest BCUT2D eigenvalue weighted by atomic mass is 9.96. The molecule has 1 atom stereocenters. The Hall–Kier alpha value is -2.79. The van der Waals surface area contributed by atoms with Crippen molar-refractivity contribution >= 4 is 26.4 Å². The molecule has 1 unspecified atom stereocenters. The first-order valence-electron chi connectivity index (χ1n) is 16.7. The number of nitrogens with zero attached hydrogens (tertiary/aromatic N) is 5. The molecule has 0 saturated carbocycles. The fraction of sp³-hybridized carbons (Fsp3) is 0.571. The van der Waals surface area contributed by atoms with Crippen molar-refractivity contribution in [3.63, 3.8) is 0 Å². The predicted molar refractivity (Wildman–Crippen MR) is 178 cm³/mol. The largest absolute Gasteiger partial charge is 0.491 e. The Morgan fingerprint density at radius 3 is 2.18 bits per heavy atom. The molecule has 3 fully saturated rings. The molecule has 0 spiro atoms. The van der Waals surface area contributed by atoms with Gasteiger partial charge in [0, 0.05) is 69.0 Å². The van der Waals surface area contributed by atoms with Gasteiger partial charge in [-0.3, -0.25) is 9.88 Å². The number of ether oxygens (including phenoxy) is 1. The van der Waals surface area contributed by atoms with Gasteiger partial charge in [-0.2, -0.15) is 0 Å². The van der Waals surface area contributed by atoms with Crippen molar-refractivity contribution in [1.29, 1.82) is 0 Å². The Kier molecular flexibility index (Phi) is 9.66. The molecular formula is C35H48FN5O3S. The van der Waals surface area contributed by atoms with Gasteiger partial charge in [-0.05, 0) is 90.4 Å². The van der Waals surface area contributed by atoms with Crippen LogP contribution in [0.15, 0.2) is 52.4 Å². The summed E-state index contributed by atoms with van der Waals surface area (Å²) in [7, 11) is -2.00. The number of likely N-dealkylation sites (N-methyl/N-ethyl adjacent to an activating group) is 1. The smallest absolute Gasteiger partial charge is 0.213 e. The Morgan fingerprint density at radius 2 is 1.53 bits per heavy atom. The number of likely N-dealkylation sites (tertiary alicyclic amines) is 1. The maximum absolute atomic E-state index is 15.5. The number of pyridine rings is 1. The van der Waals surface area contributed by atoms with Gasteiger partial charge in [-0.25, -0.2) is 12.8 Å². The molecule has 0 bridgehead atoms. The maximum Gasteiger partial charge on any atom is 0.213 e. The molecule has 0 aliphatic carbocycles. The first-order valence-corrected chi connectivity index (χ1v) is 18.1. The highest BCUT2D eigenvalue weighted by molar-refractivity contribution is 7.91. The minimum absolute atomic E-state index is 0.0570. The number of halogens is 1. The summed E-state index contributed by atoms with van der Waals surface area (Å²) in [6.45, 7) is 14.3. The Bertz CT molecular complexity index is 1590.